The van der Waals surface area contributed by atoms with Crippen molar-refractivity contribution in [2.45, 2.75) is 0 Å². The van der Waals surface area contributed by atoms with Crippen LogP contribution in [0.4, 0.5) is 11.5 Å². The Balaban J connectivity index is 2.12. The van der Waals surface area contributed by atoms with Crippen molar-refractivity contribution in [3.63, 3.8) is 0 Å². The number of aromatic nitrogens is 1. The molecule has 0 saturated heterocycles. The molecule has 0 amide bonds. The van der Waals surface area contributed by atoms with E-state index in [0.29, 0.717) is 16.4 Å². The van der Waals surface area contributed by atoms with E-state index < -0.39 is 4.92 Å². The van der Waals surface area contributed by atoms with Crippen molar-refractivity contribution < 1.29 is 4.92 Å². The monoisotopic (exact) mass is 259 g/mol. The normalized spacial score (nSPS) is 9.78. The number of thiocarbonyl (C=S) groups is 1. The number of nitrogens with zero attached hydrogens (tertiary/aromatic N) is 2. The summed E-state index contributed by atoms with van der Waals surface area (Å²) < 4.78 is 0. The summed E-state index contributed by atoms with van der Waals surface area (Å²) in [5.74, 6) is 0.640. The molecule has 2 aromatic rings. The first-order valence-electron chi connectivity index (χ1n) is 5.13. The highest BCUT2D eigenvalue weighted by atomic mass is 32.1. The maximum Gasteiger partial charge on any atom is 0.269 e. The molecule has 1 aromatic carbocycles. The number of non-ortho nitro benzene ring substituents is 1. The number of benzene rings is 1. The predicted molar refractivity (Wildman–Crippen MR) is 72.7 cm³/mol. The number of nitrogens with one attached hydrogen (secondary N) is 1. The van der Waals surface area contributed by atoms with Crippen molar-refractivity contribution in [2.75, 3.05) is 5.32 Å². The Kier molecular flexibility index (Phi) is 3.59. The average molecular weight is 259 g/mol. The van der Waals surface area contributed by atoms with E-state index in [0.717, 1.165) is 0 Å². The second kappa shape index (κ2) is 5.33. The first-order chi connectivity index (χ1) is 8.66. The summed E-state index contributed by atoms with van der Waals surface area (Å²) in [7, 11) is 0. The number of nitro benzene ring substituents is 1. The van der Waals surface area contributed by atoms with Gasteiger partial charge in [0.2, 0.25) is 0 Å². The average Bonchev–Trinajstić information content (AvgIpc) is 2.40. The third kappa shape index (κ3) is 2.86. The number of anilines is 1. The van der Waals surface area contributed by atoms with Crippen molar-refractivity contribution in [3.8, 4) is 0 Å². The lowest BCUT2D eigenvalue weighted by Crippen LogP contribution is -2.11. The van der Waals surface area contributed by atoms with Gasteiger partial charge in [-0.15, -0.1) is 0 Å². The molecule has 0 fully saturated rings. The predicted octanol–water partition coefficient (Wildman–Crippen LogP) is 2.78. The molecule has 1 N–H and O–H groups in total. The van der Waals surface area contributed by atoms with Gasteiger partial charge < -0.3 is 5.32 Å². The van der Waals surface area contributed by atoms with Gasteiger partial charge >= 0.3 is 0 Å². The van der Waals surface area contributed by atoms with E-state index in [1.807, 2.05) is 6.07 Å². The molecule has 0 aliphatic heterocycles. The molecule has 0 bridgehead atoms. The van der Waals surface area contributed by atoms with Crippen LogP contribution in [0.1, 0.15) is 5.56 Å². The number of rotatable bonds is 3. The van der Waals surface area contributed by atoms with Crippen LogP contribution >= 0.6 is 12.2 Å². The van der Waals surface area contributed by atoms with Gasteiger partial charge in [0.15, 0.2) is 0 Å². The Hall–Kier alpha value is -2.34. The molecule has 1 heterocycles. The molecule has 2 rings (SSSR count). The highest BCUT2D eigenvalue weighted by molar-refractivity contribution is 7.81. The minimum Gasteiger partial charge on any atom is -0.331 e. The highest BCUT2D eigenvalue weighted by Crippen LogP contribution is 2.13. The van der Waals surface area contributed by atoms with Crippen LogP contribution in [0.2, 0.25) is 0 Å². The van der Waals surface area contributed by atoms with E-state index in [1.165, 1.54) is 12.1 Å². The fraction of sp³-hybridized carbons (Fsp3) is 0. The first kappa shape index (κ1) is 12.1. The number of hydrogen-bond donors (Lipinski definition) is 1. The van der Waals surface area contributed by atoms with Crippen LogP contribution in [0.3, 0.4) is 0 Å². The summed E-state index contributed by atoms with van der Waals surface area (Å²) >= 11 is 5.19. The van der Waals surface area contributed by atoms with E-state index in [1.54, 1.807) is 30.5 Å². The summed E-state index contributed by atoms with van der Waals surface area (Å²) in [6, 6.07) is 11.5. The van der Waals surface area contributed by atoms with Crippen LogP contribution in [0, 0.1) is 10.1 Å². The molecular formula is C12H9N3O2S. The molecule has 0 radical (unpaired) electrons. The van der Waals surface area contributed by atoms with Crippen LogP contribution < -0.4 is 5.32 Å². The van der Waals surface area contributed by atoms with Gasteiger partial charge in [-0.25, -0.2) is 4.98 Å². The molecule has 0 aliphatic rings. The van der Waals surface area contributed by atoms with Gasteiger partial charge in [-0.3, -0.25) is 10.1 Å². The van der Waals surface area contributed by atoms with Crippen molar-refractivity contribution in [3.05, 3.63) is 64.3 Å². The van der Waals surface area contributed by atoms with Crippen LogP contribution in [0.5, 0.6) is 0 Å². The molecule has 0 spiro atoms. The third-order valence-electron chi connectivity index (χ3n) is 2.25. The lowest BCUT2D eigenvalue weighted by atomic mass is 10.2. The van der Waals surface area contributed by atoms with Crippen LogP contribution in [-0.2, 0) is 0 Å². The Morgan fingerprint density at radius 2 is 1.94 bits per heavy atom. The maximum absolute atomic E-state index is 10.5. The fourth-order valence-corrected chi connectivity index (χ4v) is 1.60. The summed E-state index contributed by atoms with van der Waals surface area (Å²) in [5.41, 5.74) is 0.751. The van der Waals surface area contributed by atoms with Crippen LogP contribution in [0.15, 0.2) is 48.7 Å². The number of nitro groups is 1. The molecule has 1 aromatic heterocycles. The van der Waals surface area contributed by atoms with Gasteiger partial charge in [-0.1, -0.05) is 18.3 Å². The summed E-state index contributed by atoms with van der Waals surface area (Å²) in [6.07, 6.45) is 1.65. The van der Waals surface area contributed by atoms with E-state index >= 15 is 0 Å². The second-order valence-corrected chi connectivity index (χ2v) is 3.88. The number of hydrogen-bond acceptors (Lipinski definition) is 4. The topological polar surface area (TPSA) is 68.1 Å². The zero-order valence-corrected chi connectivity index (χ0v) is 10.1. The summed E-state index contributed by atoms with van der Waals surface area (Å²) in [5, 5.41) is 13.5. The minimum absolute atomic E-state index is 0.0411. The van der Waals surface area contributed by atoms with E-state index in [2.05, 4.69) is 10.3 Å². The molecule has 6 heteroatoms. The van der Waals surface area contributed by atoms with Crippen molar-refractivity contribution in [2.24, 2.45) is 0 Å². The maximum atomic E-state index is 10.5. The van der Waals surface area contributed by atoms with Gasteiger partial charge in [0.25, 0.3) is 5.69 Å². The van der Waals surface area contributed by atoms with Crippen LogP contribution in [0.25, 0.3) is 0 Å². The molecule has 90 valence electrons. The van der Waals surface area contributed by atoms with Gasteiger partial charge in [0.05, 0.1) is 4.92 Å². The zero-order chi connectivity index (χ0) is 13.0. The van der Waals surface area contributed by atoms with E-state index in [9.17, 15) is 10.1 Å². The number of pyridine rings is 1. The molecular weight excluding hydrogens is 250 g/mol. The SMILES string of the molecule is O=[N+]([O-])c1ccc(C(=S)Nc2ccccn2)cc1. The smallest absolute Gasteiger partial charge is 0.269 e. The zero-order valence-electron chi connectivity index (χ0n) is 9.24. The molecule has 0 atom stereocenters. The molecule has 0 aliphatic carbocycles. The summed E-state index contributed by atoms with van der Waals surface area (Å²) in [6.45, 7) is 0. The fourth-order valence-electron chi connectivity index (χ4n) is 1.36. The Bertz CT molecular complexity index is 570. The van der Waals surface area contributed by atoms with Crippen molar-refractivity contribution in [1.29, 1.82) is 0 Å². The lowest BCUT2D eigenvalue weighted by Gasteiger charge is -2.06. The molecule has 5 nitrogen and oxygen atoms in total. The van der Waals surface area contributed by atoms with E-state index in [4.69, 9.17) is 12.2 Å². The lowest BCUT2D eigenvalue weighted by molar-refractivity contribution is -0.384. The van der Waals surface area contributed by atoms with E-state index in [-0.39, 0.29) is 5.69 Å². The molecule has 0 saturated carbocycles. The molecule has 0 unspecified atom stereocenters. The third-order valence-corrected chi connectivity index (χ3v) is 2.58. The van der Waals surface area contributed by atoms with Gasteiger partial charge in [-0.05, 0) is 24.3 Å². The molecule has 18 heavy (non-hydrogen) atoms. The van der Waals surface area contributed by atoms with Crippen molar-refractivity contribution >= 4 is 28.7 Å². The van der Waals surface area contributed by atoms with Gasteiger partial charge in [0, 0.05) is 23.9 Å². The second-order valence-electron chi connectivity index (χ2n) is 3.47. The minimum atomic E-state index is -0.445. The van der Waals surface area contributed by atoms with Gasteiger partial charge in [0.1, 0.15) is 10.8 Å². The van der Waals surface area contributed by atoms with Gasteiger partial charge in [-0.2, -0.15) is 0 Å². The first-order valence-corrected chi connectivity index (χ1v) is 5.54. The summed E-state index contributed by atoms with van der Waals surface area (Å²) in [4.78, 5) is 14.6. The Morgan fingerprint density at radius 3 is 2.50 bits per heavy atom. The van der Waals surface area contributed by atoms with Crippen molar-refractivity contribution in [1.82, 2.24) is 4.98 Å². The highest BCUT2D eigenvalue weighted by Gasteiger charge is 2.07. The standard InChI is InChI=1S/C12H9N3O2S/c16-15(17)10-6-4-9(5-7-10)12(18)14-11-3-1-2-8-13-11/h1-8H,(H,13,14,18). The van der Waals surface area contributed by atoms with Crippen LogP contribution in [-0.4, -0.2) is 14.9 Å². The Morgan fingerprint density at radius 1 is 1.22 bits per heavy atom. The largest absolute Gasteiger partial charge is 0.331 e. The Labute approximate surface area is 109 Å². The quantitative estimate of drug-likeness (QED) is 0.521.